The van der Waals surface area contributed by atoms with Gasteiger partial charge in [-0.15, -0.1) is 0 Å². The molecule has 0 aromatic carbocycles. The zero-order chi connectivity index (χ0) is 28.8. The normalized spacial score (nSPS) is 34.6. The zero-order valence-electron chi connectivity index (χ0n) is 21.4. The van der Waals surface area contributed by atoms with E-state index in [0.29, 0.717) is 0 Å². The first-order chi connectivity index (χ1) is 17.8. The lowest BCUT2D eigenvalue weighted by Crippen LogP contribution is -2.65. The highest BCUT2D eigenvalue weighted by Gasteiger charge is 2.63. The van der Waals surface area contributed by atoms with Crippen molar-refractivity contribution in [2.75, 3.05) is 19.8 Å². The van der Waals surface area contributed by atoms with Crippen LogP contribution in [0.4, 0.5) is 0 Å². The molecule has 3 N–H and O–H groups in total. The van der Waals surface area contributed by atoms with Gasteiger partial charge in [0.15, 0.2) is 30.5 Å². The van der Waals surface area contributed by atoms with Crippen molar-refractivity contribution < 1.29 is 77.2 Å². The van der Waals surface area contributed by atoms with Gasteiger partial charge < -0.3 is 53.2 Å². The molecule has 0 aromatic rings. The van der Waals surface area contributed by atoms with Gasteiger partial charge in [-0.05, 0) is 0 Å². The van der Waals surface area contributed by atoms with Gasteiger partial charge in [-0.2, -0.15) is 0 Å². The number of carbonyl (C=O) groups is 5. The molecule has 0 bridgehead atoms. The molecule has 2 heterocycles. The Labute approximate surface area is 216 Å². The molecule has 0 aromatic heterocycles. The lowest BCUT2D eigenvalue weighted by atomic mass is 9.97. The molecule has 2 fully saturated rings. The van der Waals surface area contributed by atoms with Gasteiger partial charge in [-0.1, -0.05) is 0 Å². The maximum atomic E-state index is 12.0. The van der Waals surface area contributed by atoms with Gasteiger partial charge in [0.1, 0.15) is 18.8 Å². The summed E-state index contributed by atoms with van der Waals surface area (Å²) in [5, 5.41) is 30.1. The molecule has 2 saturated heterocycles. The number of rotatable bonds is 10. The highest BCUT2D eigenvalue weighted by atomic mass is 16.8. The molecular weight excluding hydrogens is 520 g/mol. The van der Waals surface area contributed by atoms with Gasteiger partial charge >= 0.3 is 29.8 Å². The maximum Gasteiger partial charge on any atom is 0.303 e. The largest absolute Gasteiger partial charge is 0.456 e. The van der Waals surface area contributed by atoms with Crippen LogP contribution in [0, 0.1) is 0 Å². The summed E-state index contributed by atoms with van der Waals surface area (Å²) < 4.78 is 43.3. The Kier molecular flexibility index (Phi) is 10.9. The second kappa shape index (κ2) is 13.3. The Bertz CT molecular complexity index is 891. The first-order valence-corrected chi connectivity index (χ1v) is 11.5. The summed E-state index contributed by atoms with van der Waals surface area (Å²) in [5.74, 6) is -6.78. The zero-order valence-corrected chi connectivity index (χ0v) is 21.4. The molecule has 0 saturated carbocycles. The lowest BCUT2D eigenvalue weighted by Gasteiger charge is -2.46. The van der Waals surface area contributed by atoms with E-state index >= 15 is 0 Å². The standard InChI is InChI=1S/C22H32O16/c1-9(26)31-16-14(6-23)36-21(19(34-12(4)29)18(16)33-11(3)28)38-22(8-25)20(35-13(5)30)17(32-10(2)27)15(7-24)37-22/h14-21,23-25H,6-8H2,1-5H3/t14-,15-,16-,17-,18+,19-,20-,21+,22-/m0/s1. The third-order valence-electron chi connectivity index (χ3n) is 5.44. The molecule has 0 spiro atoms. The Morgan fingerprint density at radius 3 is 1.53 bits per heavy atom. The van der Waals surface area contributed by atoms with Crippen LogP contribution in [0.2, 0.25) is 0 Å². The summed E-state index contributed by atoms with van der Waals surface area (Å²) in [6, 6.07) is 0. The van der Waals surface area contributed by atoms with E-state index in [0.717, 1.165) is 34.6 Å². The van der Waals surface area contributed by atoms with E-state index < -0.39 is 104 Å². The Morgan fingerprint density at radius 2 is 1.08 bits per heavy atom. The Balaban J connectivity index is 2.58. The van der Waals surface area contributed by atoms with Crippen molar-refractivity contribution in [3.05, 3.63) is 0 Å². The van der Waals surface area contributed by atoms with E-state index in [-0.39, 0.29) is 0 Å². The summed E-state index contributed by atoms with van der Waals surface area (Å²) >= 11 is 0. The molecule has 2 rings (SSSR count). The predicted octanol–water partition coefficient (Wildman–Crippen LogP) is -2.54. The topological polar surface area (TPSA) is 220 Å². The summed E-state index contributed by atoms with van der Waals surface area (Å²) in [5.41, 5.74) is 0. The predicted molar refractivity (Wildman–Crippen MR) is 116 cm³/mol. The van der Waals surface area contributed by atoms with Crippen LogP contribution in [0.3, 0.4) is 0 Å². The van der Waals surface area contributed by atoms with Crippen LogP contribution in [-0.2, 0) is 61.9 Å². The van der Waals surface area contributed by atoms with Crippen LogP contribution in [-0.4, -0.2) is 120 Å². The molecule has 0 aliphatic carbocycles. The molecule has 0 amide bonds. The summed E-state index contributed by atoms with van der Waals surface area (Å²) in [7, 11) is 0. The van der Waals surface area contributed by atoms with Crippen LogP contribution in [0.5, 0.6) is 0 Å². The van der Waals surface area contributed by atoms with E-state index in [1.54, 1.807) is 0 Å². The maximum absolute atomic E-state index is 12.0. The molecule has 16 heteroatoms. The van der Waals surface area contributed by atoms with E-state index in [4.69, 9.17) is 37.9 Å². The molecule has 38 heavy (non-hydrogen) atoms. The monoisotopic (exact) mass is 552 g/mol. The minimum atomic E-state index is -2.39. The summed E-state index contributed by atoms with van der Waals surface area (Å²) in [6.45, 7) is 2.48. The average Bonchev–Trinajstić information content (AvgIpc) is 3.08. The molecular formula is C22H32O16. The van der Waals surface area contributed by atoms with Crippen molar-refractivity contribution in [1.82, 2.24) is 0 Å². The Morgan fingerprint density at radius 1 is 0.632 bits per heavy atom. The fraction of sp³-hybridized carbons (Fsp3) is 0.773. The first-order valence-electron chi connectivity index (χ1n) is 11.5. The summed E-state index contributed by atoms with van der Waals surface area (Å²) in [6.07, 6.45) is -12.5. The molecule has 0 radical (unpaired) electrons. The molecule has 0 unspecified atom stereocenters. The van der Waals surface area contributed by atoms with Crippen LogP contribution in [0.1, 0.15) is 34.6 Å². The molecule has 2 aliphatic heterocycles. The van der Waals surface area contributed by atoms with Crippen LogP contribution >= 0.6 is 0 Å². The number of carbonyl (C=O) groups excluding carboxylic acids is 5. The third kappa shape index (κ3) is 7.36. The number of ether oxygens (including phenoxy) is 8. The molecule has 216 valence electrons. The number of hydrogen-bond donors (Lipinski definition) is 3. The summed E-state index contributed by atoms with van der Waals surface area (Å²) in [4.78, 5) is 59.2. The Hall–Kier alpha value is -2.89. The number of hydrogen-bond acceptors (Lipinski definition) is 16. The van der Waals surface area contributed by atoms with Gasteiger partial charge in [0.2, 0.25) is 12.1 Å². The second-order valence-corrected chi connectivity index (χ2v) is 8.48. The molecule has 9 atom stereocenters. The molecule has 16 nitrogen and oxygen atoms in total. The SMILES string of the molecule is CC(=O)O[C@H]1[C@H](OC(C)=O)[C@@H](O[C@]2(CO)O[C@@H](CO)[C@H](OC(C)=O)[C@@H]2OC(C)=O)O[C@@H](CO)[C@@H]1OC(C)=O. The van der Waals surface area contributed by atoms with Crippen LogP contribution < -0.4 is 0 Å². The van der Waals surface area contributed by atoms with Gasteiger partial charge in [-0.25, -0.2) is 0 Å². The quantitative estimate of drug-likeness (QED) is 0.188. The van der Waals surface area contributed by atoms with Crippen molar-refractivity contribution in [2.45, 2.75) is 89.4 Å². The smallest absolute Gasteiger partial charge is 0.303 e. The number of aliphatic hydroxyl groups excluding tert-OH is 3. The van der Waals surface area contributed by atoms with Crippen molar-refractivity contribution >= 4 is 29.8 Å². The van der Waals surface area contributed by atoms with Gasteiger partial charge in [0.05, 0.1) is 13.2 Å². The van der Waals surface area contributed by atoms with Crippen molar-refractivity contribution in [2.24, 2.45) is 0 Å². The minimum Gasteiger partial charge on any atom is -0.456 e. The van der Waals surface area contributed by atoms with Gasteiger partial charge in [-0.3, -0.25) is 24.0 Å². The number of aliphatic hydroxyl groups is 3. The number of esters is 5. The first kappa shape index (κ1) is 31.3. The molecule has 2 aliphatic rings. The average molecular weight is 552 g/mol. The van der Waals surface area contributed by atoms with Crippen LogP contribution in [0.15, 0.2) is 0 Å². The van der Waals surface area contributed by atoms with Crippen LogP contribution in [0.25, 0.3) is 0 Å². The third-order valence-corrected chi connectivity index (χ3v) is 5.44. The van der Waals surface area contributed by atoms with Gasteiger partial charge in [0.25, 0.3) is 0 Å². The van der Waals surface area contributed by atoms with Crippen molar-refractivity contribution in [1.29, 1.82) is 0 Å². The van der Waals surface area contributed by atoms with E-state index in [2.05, 4.69) is 0 Å². The van der Waals surface area contributed by atoms with Gasteiger partial charge in [0, 0.05) is 34.6 Å². The van der Waals surface area contributed by atoms with Crippen molar-refractivity contribution in [3.8, 4) is 0 Å². The fourth-order valence-electron chi connectivity index (χ4n) is 4.19. The highest BCUT2D eigenvalue weighted by molar-refractivity contribution is 5.69. The second-order valence-electron chi connectivity index (χ2n) is 8.48. The minimum absolute atomic E-state index is 0.774. The van der Waals surface area contributed by atoms with E-state index in [9.17, 15) is 39.3 Å². The van der Waals surface area contributed by atoms with E-state index in [1.165, 1.54) is 0 Å². The lowest BCUT2D eigenvalue weighted by molar-refractivity contribution is -0.384. The highest BCUT2D eigenvalue weighted by Crippen LogP contribution is 2.40. The van der Waals surface area contributed by atoms with E-state index in [1.807, 2.05) is 0 Å². The fourth-order valence-corrected chi connectivity index (χ4v) is 4.19. The van der Waals surface area contributed by atoms with Crippen molar-refractivity contribution in [3.63, 3.8) is 0 Å².